The number of aryl methyl sites for hydroxylation is 1. The van der Waals surface area contributed by atoms with Crippen molar-refractivity contribution in [1.29, 1.82) is 0 Å². The summed E-state index contributed by atoms with van der Waals surface area (Å²) in [6, 6.07) is 9.34. The molecule has 0 amide bonds. The molecule has 2 aromatic heterocycles. The summed E-state index contributed by atoms with van der Waals surface area (Å²) in [5, 5.41) is 16.7. The van der Waals surface area contributed by atoms with Crippen molar-refractivity contribution in [2.45, 2.75) is 31.9 Å². The van der Waals surface area contributed by atoms with Gasteiger partial charge in [0, 0.05) is 31.6 Å². The summed E-state index contributed by atoms with van der Waals surface area (Å²) >= 11 is 0. The summed E-state index contributed by atoms with van der Waals surface area (Å²) in [6.45, 7) is 1.78. The molecule has 1 aliphatic heterocycles. The number of hydrogen-bond acceptors (Lipinski definition) is 9. The number of benzene rings is 1. The second-order valence-electron chi connectivity index (χ2n) is 8.31. The lowest BCUT2D eigenvalue weighted by molar-refractivity contribution is -0.149. The third kappa shape index (κ3) is 5.75. The molecule has 0 spiro atoms. The number of carboxylic acid groups (broad SMARTS) is 1. The summed E-state index contributed by atoms with van der Waals surface area (Å²) < 4.78 is 24.5. The van der Waals surface area contributed by atoms with Crippen LogP contribution in [0, 0.1) is 12.7 Å². The van der Waals surface area contributed by atoms with E-state index in [1.807, 2.05) is 0 Å². The number of carboxylic acids is 1. The molecular formula is C25H27FN6O5. The Morgan fingerprint density at radius 2 is 2.08 bits per heavy atom. The summed E-state index contributed by atoms with van der Waals surface area (Å²) in [6.07, 6.45) is -0.504. The minimum Gasteiger partial charge on any atom is -0.481 e. The van der Waals surface area contributed by atoms with Crippen molar-refractivity contribution in [2.75, 3.05) is 26.6 Å². The normalized spacial score (nSPS) is 16.5. The molecule has 37 heavy (non-hydrogen) atoms. The number of ether oxygens (including phenoxy) is 2. The van der Waals surface area contributed by atoms with Gasteiger partial charge in [-0.05, 0) is 30.7 Å². The lowest BCUT2D eigenvalue weighted by Crippen LogP contribution is -2.38. The molecule has 194 valence electrons. The van der Waals surface area contributed by atoms with Crippen molar-refractivity contribution < 1.29 is 28.6 Å². The number of halogens is 1. The first-order valence-corrected chi connectivity index (χ1v) is 11.5. The first-order valence-electron chi connectivity index (χ1n) is 11.5. The van der Waals surface area contributed by atoms with Gasteiger partial charge in [0.1, 0.15) is 12.4 Å². The maximum atomic E-state index is 14.3. The van der Waals surface area contributed by atoms with Crippen LogP contribution in [0.5, 0.6) is 5.88 Å². The topological polar surface area (TPSA) is 154 Å². The molecule has 4 rings (SSSR count). The molecule has 2 atom stereocenters. The first-order chi connectivity index (χ1) is 17.8. The summed E-state index contributed by atoms with van der Waals surface area (Å²) in [7, 11) is 2.83. The molecular weight excluding hydrogens is 483 g/mol. The largest absolute Gasteiger partial charge is 0.481 e. The average Bonchev–Trinajstić information content (AvgIpc) is 2.87. The van der Waals surface area contributed by atoms with E-state index in [1.54, 1.807) is 31.2 Å². The highest BCUT2D eigenvalue weighted by Gasteiger charge is 2.30. The minimum atomic E-state index is -1.09. The number of rotatable bonds is 9. The van der Waals surface area contributed by atoms with E-state index in [-0.39, 0.29) is 19.0 Å². The maximum Gasteiger partial charge on any atom is 0.332 e. The molecule has 11 nitrogen and oxygen atoms in total. The van der Waals surface area contributed by atoms with Crippen LogP contribution >= 0.6 is 0 Å². The number of hydrogen-bond donors (Lipinski definition) is 3. The lowest BCUT2D eigenvalue weighted by Gasteiger charge is -2.29. The summed E-state index contributed by atoms with van der Waals surface area (Å²) in [5.74, 6) is -0.630. The number of aliphatic carboxylic acids is 1. The molecule has 0 saturated carbocycles. The molecule has 3 aromatic rings. The van der Waals surface area contributed by atoms with E-state index in [0.717, 1.165) is 5.56 Å². The molecule has 0 aliphatic carbocycles. The van der Waals surface area contributed by atoms with Crippen LogP contribution in [-0.4, -0.2) is 58.8 Å². The van der Waals surface area contributed by atoms with Gasteiger partial charge in [-0.15, -0.1) is 0 Å². The number of nitrogens with zero attached hydrogens (tertiary/aromatic N) is 4. The van der Waals surface area contributed by atoms with Crippen LogP contribution in [0.1, 0.15) is 35.0 Å². The van der Waals surface area contributed by atoms with E-state index < -0.39 is 23.9 Å². The van der Waals surface area contributed by atoms with Crippen molar-refractivity contribution in [3.63, 3.8) is 0 Å². The highest BCUT2D eigenvalue weighted by Crippen LogP contribution is 2.34. The van der Waals surface area contributed by atoms with Crippen LogP contribution in [-0.2, 0) is 20.8 Å². The number of anilines is 1. The van der Waals surface area contributed by atoms with Gasteiger partial charge in [-0.2, -0.15) is 0 Å². The van der Waals surface area contributed by atoms with E-state index in [1.165, 1.54) is 26.4 Å². The Hall–Kier alpha value is -4.32. The second-order valence-corrected chi connectivity index (χ2v) is 8.31. The smallest absolute Gasteiger partial charge is 0.332 e. The maximum absolute atomic E-state index is 14.3. The molecule has 0 radical (unpaired) electrons. The van der Waals surface area contributed by atoms with Gasteiger partial charge in [0.15, 0.2) is 11.9 Å². The number of fused-ring (bicyclic) bond motifs is 1. The SMILES string of the molecule is COc1cccc(-c2cc(F)ccc2[C@H]2Cc3nc(N)nc(C)c3/C(=N/OCC[C@H](OC)C(=O)O)N2)n1. The van der Waals surface area contributed by atoms with Crippen LogP contribution in [0.4, 0.5) is 10.3 Å². The highest BCUT2D eigenvalue weighted by molar-refractivity contribution is 6.01. The van der Waals surface area contributed by atoms with Gasteiger partial charge in [0.05, 0.1) is 35.8 Å². The van der Waals surface area contributed by atoms with Crippen LogP contribution in [0.25, 0.3) is 11.3 Å². The number of nitrogen functional groups attached to an aromatic ring is 1. The van der Waals surface area contributed by atoms with Crippen LogP contribution in [0.15, 0.2) is 41.6 Å². The van der Waals surface area contributed by atoms with Gasteiger partial charge in [0.25, 0.3) is 0 Å². The third-order valence-corrected chi connectivity index (χ3v) is 5.91. The van der Waals surface area contributed by atoms with Crippen molar-refractivity contribution in [3.05, 3.63) is 64.7 Å². The van der Waals surface area contributed by atoms with Gasteiger partial charge in [-0.1, -0.05) is 17.3 Å². The van der Waals surface area contributed by atoms with Crippen LogP contribution in [0.2, 0.25) is 0 Å². The van der Waals surface area contributed by atoms with Crippen LogP contribution in [0.3, 0.4) is 0 Å². The Morgan fingerprint density at radius 3 is 2.81 bits per heavy atom. The predicted molar refractivity (Wildman–Crippen MR) is 132 cm³/mol. The van der Waals surface area contributed by atoms with Gasteiger partial charge < -0.3 is 30.5 Å². The molecule has 3 heterocycles. The molecule has 12 heteroatoms. The number of nitrogens with two attached hydrogens (primary N) is 1. The molecule has 0 saturated heterocycles. The van der Waals surface area contributed by atoms with E-state index >= 15 is 0 Å². The monoisotopic (exact) mass is 510 g/mol. The number of amidine groups is 1. The zero-order valence-corrected chi connectivity index (χ0v) is 20.6. The van der Waals surface area contributed by atoms with Crippen molar-refractivity contribution in [3.8, 4) is 17.1 Å². The number of oxime groups is 1. The standard InChI is InChI=1S/C25H27FN6O5/c1-13-22-19(31-25(27)28-13)12-18(30-23(22)32-37-10-9-20(35-2)24(33)34)15-8-7-14(26)11-16(15)17-5-4-6-21(29-17)36-3/h4-8,11,18,20H,9-10,12H2,1-3H3,(H,30,32)(H,33,34)(H2,27,28,31)/t18-,20+/m1/s1. The minimum absolute atomic E-state index is 0.000389. The summed E-state index contributed by atoms with van der Waals surface area (Å²) in [5.41, 5.74) is 9.67. The number of carbonyl (C=O) groups is 1. The Balaban J connectivity index is 1.70. The van der Waals surface area contributed by atoms with Gasteiger partial charge in [-0.25, -0.2) is 24.1 Å². The highest BCUT2D eigenvalue weighted by atomic mass is 19.1. The van der Waals surface area contributed by atoms with E-state index in [4.69, 9.17) is 25.2 Å². The molecule has 1 aliphatic rings. The van der Waals surface area contributed by atoms with E-state index in [2.05, 4.69) is 25.4 Å². The summed E-state index contributed by atoms with van der Waals surface area (Å²) in [4.78, 5) is 29.8. The number of nitrogens with one attached hydrogen (secondary N) is 1. The number of aromatic nitrogens is 3. The molecule has 1 aromatic carbocycles. The Morgan fingerprint density at radius 1 is 1.27 bits per heavy atom. The Labute approximate surface area is 212 Å². The average molecular weight is 511 g/mol. The molecule has 0 fully saturated rings. The number of pyridine rings is 1. The lowest BCUT2D eigenvalue weighted by atomic mass is 9.90. The molecule has 4 N–H and O–H groups in total. The zero-order valence-electron chi connectivity index (χ0n) is 20.6. The predicted octanol–water partition coefficient (Wildman–Crippen LogP) is 2.63. The van der Waals surface area contributed by atoms with Crippen molar-refractivity contribution in [1.82, 2.24) is 20.3 Å². The van der Waals surface area contributed by atoms with Gasteiger partial charge >= 0.3 is 5.97 Å². The van der Waals surface area contributed by atoms with Crippen molar-refractivity contribution in [2.24, 2.45) is 5.16 Å². The first kappa shape index (κ1) is 25.8. The molecule has 0 bridgehead atoms. The van der Waals surface area contributed by atoms with Gasteiger partial charge in [-0.3, -0.25) is 0 Å². The van der Waals surface area contributed by atoms with Gasteiger partial charge in [0.2, 0.25) is 11.8 Å². The van der Waals surface area contributed by atoms with E-state index in [0.29, 0.717) is 46.3 Å². The van der Waals surface area contributed by atoms with E-state index in [9.17, 15) is 9.18 Å². The fourth-order valence-corrected chi connectivity index (χ4v) is 4.20. The Bertz CT molecular complexity index is 1330. The third-order valence-electron chi connectivity index (χ3n) is 5.91. The second kappa shape index (κ2) is 11.2. The van der Waals surface area contributed by atoms with Crippen LogP contribution < -0.4 is 15.8 Å². The zero-order chi connectivity index (χ0) is 26.5. The quantitative estimate of drug-likeness (QED) is 0.289. The fraction of sp³-hybridized carbons (Fsp3) is 0.320. The Kier molecular flexibility index (Phi) is 7.77. The number of methoxy groups -OCH3 is 2. The molecule has 0 unspecified atom stereocenters. The van der Waals surface area contributed by atoms with Crippen molar-refractivity contribution >= 4 is 17.8 Å². The fourth-order valence-electron chi connectivity index (χ4n) is 4.20.